The molecule has 1 heterocycles. The van der Waals surface area contributed by atoms with E-state index in [0.717, 1.165) is 15.8 Å². The van der Waals surface area contributed by atoms with Gasteiger partial charge in [0.25, 0.3) is 11.5 Å². The molecule has 0 aliphatic carbocycles. The molecule has 0 radical (unpaired) electrons. The van der Waals surface area contributed by atoms with Crippen LogP contribution in [0.3, 0.4) is 0 Å². The normalized spacial score (nSPS) is 10.3. The number of nitrogens with zero attached hydrogens (tertiary/aromatic N) is 2. The number of hydrogen-bond donors (Lipinski definition) is 2. The number of benzene rings is 2. The number of rotatable bonds is 6. The van der Waals surface area contributed by atoms with Gasteiger partial charge in [-0.05, 0) is 30.7 Å². The second kappa shape index (κ2) is 8.77. The highest BCUT2D eigenvalue weighted by Crippen LogP contribution is 2.09. The van der Waals surface area contributed by atoms with Crippen LogP contribution in [0.2, 0.25) is 0 Å². The topological polar surface area (TPSA) is 93.1 Å². The lowest BCUT2D eigenvalue weighted by Crippen LogP contribution is -2.34. The van der Waals surface area contributed by atoms with Crippen molar-refractivity contribution in [1.82, 2.24) is 15.1 Å². The fourth-order valence-electron chi connectivity index (χ4n) is 2.50. The highest BCUT2D eigenvalue weighted by Gasteiger charge is 2.12. The van der Waals surface area contributed by atoms with E-state index in [2.05, 4.69) is 15.7 Å². The average molecular weight is 376 g/mol. The number of carbonyl (C=O) groups is 2. The third-order valence-corrected chi connectivity index (χ3v) is 4.03. The summed E-state index contributed by atoms with van der Waals surface area (Å²) >= 11 is 0. The molecule has 0 fully saturated rings. The van der Waals surface area contributed by atoms with E-state index in [9.17, 15) is 14.4 Å². The fraction of sp³-hybridized carbons (Fsp3) is 0.143. The van der Waals surface area contributed by atoms with E-state index in [1.54, 1.807) is 12.1 Å². The smallest absolute Gasteiger partial charge is 0.276 e. The van der Waals surface area contributed by atoms with E-state index >= 15 is 0 Å². The monoisotopic (exact) mass is 376 g/mol. The molecule has 1 aromatic heterocycles. The van der Waals surface area contributed by atoms with Crippen molar-refractivity contribution in [2.75, 3.05) is 5.32 Å². The lowest BCUT2D eigenvalue weighted by atomic mass is 10.2. The minimum Gasteiger partial charge on any atom is -0.350 e. The van der Waals surface area contributed by atoms with Crippen LogP contribution < -0.4 is 16.2 Å². The highest BCUT2D eigenvalue weighted by molar-refractivity contribution is 6.02. The van der Waals surface area contributed by atoms with Crippen LogP contribution in [0.1, 0.15) is 21.6 Å². The van der Waals surface area contributed by atoms with Gasteiger partial charge >= 0.3 is 0 Å². The summed E-state index contributed by atoms with van der Waals surface area (Å²) in [6, 6.07) is 19.3. The molecule has 7 heteroatoms. The fourth-order valence-corrected chi connectivity index (χ4v) is 2.50. The van der Waals surface area contributed by atoms with Crippen molar-refractivity contribution in [2.45, 2.75) is 20.0 Å². The van der Waals surface area contributed by atoms with Gasteiger partial charge in [0.15, 0.2) is 0 Å². The Hall–Kier alpha value is -3.74. The maximum atomic E-state index is 12.4. The minimum atomic E-state index is -0.457. The Morgan fingerprint density at radius 1 is 0.964 bits per heavy atom. The highest BCUT2D eigenvalue weighted by atomic mass is 16.2. The Morgan fingerprint density at radius 3 is 2.39 bits per heavy atom. The van der Waals surface area contributed by atoms with Gasteiger partial charge in [-0.2, -0.15) is 5.10 Å². The number of nitrogens with one attached hydrogen (secondary N) is 2. The molecular formula is C21H20N4O3. The maximum absolute atomic E-state index is 12.4. The first kappa shape index (κ1) is 19.0. The molecule has 0 saturated carbocycles. The standard InChI is InChI=1S/C21H20N4O3/c1-15-7-9-17(10-8-15)23-21(28)18-11-12-20(27)25(24-18)14-19(26)22-13-16-5-3-2-4-6-16/h2-12H,13-14H2,1H3,(H,22,26)(H,23,28). The largest absolute Gasteiger partial charge is 0.350 e. The summed E-state index contributed by atoms with van der Waals surface area (Å²) in [7, 11) is 0. The van der Waals surface area contributed by atoms with Crippen LogP contribution >= 0.6 is 0 Å². The van der Waals surface area contributed by atoms with Crippen molar-refractivity contribution in [2.24, 2.45) is 0 Å². The molecule has 0 atom stereocenters. The molecule has 3 rings (SSSR count). The molecule has 2 amide bonds. The first-order valence-corrected chi connectivity index (χ1v) is 8.78. The Morgan fingerprint density at radius 2 is 1.68 bits per heavy atom. The van der Waals surface area contributed by atoms with Crippen LogP contribution in [-0.2, 0) is 17.9 Å². The second-order valence-corrected chi connectivity index (χ2v) is 6.30. The van der Waals surface area contributed by atoms with Gasteiger partial charge in [0.2, 0.25) is 5.91 Å². The number of carbonyl (C=O) groups excluding carboxylic acids is 2. The van der Waals surface area contributed by atoms with Crippen molar-refractivity contribution in [1.29, 1.82) is 0 Å². The molecular weight excluding hydrogens is 356 g/mol. The molecule has 7 nitrogen and oxygen atoms in total. The predicted molar refractivity (Wildman–Crippen MR) is 106 cm³/mol. The lowest BCUT2D eigenvalue weighted by molar-refractivity contribution is -0.122. The van der Waals surface area contributed by atoms with Gasteiger partial charge < -0.3 is 10.6 Å². The quantitative estimate of drug-likeness (QED) is 0.689. The van der Waals surface area contributed by atoms with Gasteiger partial charge in [-0.25, -0.2) is 4.68 Å². The molecule has 2 N–H and O–H groups in total. The number of amides is 2. The number of aryl methyl sites for hydroxylation is 1. The molecule has 0 unspecified atom stereocenters. The maximum Gasteiger partial charge on any atom is 0.276 e. The summed E-state index contributed by atoms with van der Waals surface area (Å²) in [5.74, 6) is -0.822. The predicted octanol–water partition coefficient (Wildman–Crippen LogP) is 2.12. The van der Waals surface area contributed by atoms with Crippen LogP contribution in [0.4, 0.5) is 5.69 Å². The third-order valence-electron chi connectivity index (χ3n) is 4.03. The van der Waals surface area contributed by atoms with Crippen LogP contribution in [0.25, 0.3) is 0 Å². The summed E-state index contributed by atoms with van der Waals surface area (Å²) in [6.45, 7) is 2.03. The van der Waals surface area contributed by atoms with E-state index in [-0.39, 0.29) is 18.1 Å². The van der Waals surface area contributed by atoms with E-state index in [1.807, 2.05) is 49.4 Å². The molecule has 2 aromatic carbocycles. The van der Waals surface area contributed by atoms with Crippen LogP contribution in [0.15, 0.2) is 71.5 Å². The van der Waals surface area contributed by atoms with Gasteiger partial charge in [-0.3, -0.25) is 14.4 Å². The molecule has 0 bridgehead atoms. The van der Waals surface area contributed by atoms with Gasteiger partial charge in [0.1, 0.15) is 12.2 Å². The van der Waals surface area contributed by atoms with Gasteiger partial charge in [-0.1, -0.05) is 48.0 Å². The van der Waals surface area contributed by atoms with Crippen molar-refractivity contribution in [3.63, 3.8) is 0 Å². The zero-order chi connectivity index (χ0) is 19.9. The van der Waals surface area contributed by atoms with Crippen molar-refractivity contribution >= 4 is 17.5 Å². The second-order valence-electron chi connectivity index (χ2n) is 6.30. The molecule has 0 spiro atoms. The third kappa shape index (κ3) is 5.14. The Labute approximate surface area is 162 Å². The number of aromatic nitrogens is 2. The van der Waals surface area contributed by atoms with Gasteiger partial charge in [0.05, 0.1) is 0 Å². The minimum absolute atomic E-state index is 0.0519. The number of anilines is 1. The van der Waals surface area contributed by atoms with Gasteiger partial charge in [0, 0.05) is 18.3 Å². The summed E-state index contributed by atoms with van der Waals surface area (Å²) in [5, 5.41) is 9.46. The van der Waals surface area contributed by atoms with E-state index in [4.69, 9.17) is 0 Å². The molecule has 142 valence electrons. The Kier molecular flexibility index (Phi) is 5.96. The van der Waals surface area contributed by atoms with Crippen LogP contribution in [0, 0.1) is 6.92 Å². The number of hydrogen-bond acceptors (Lipinski definition) is 4. The lowest BCUT2D eigenvalue weighted by Gasteiger charge is -2.09. The summed E-state index contributed by atoms with van der Waals surface area (Å²) in [5.41, 5.74) is 2.24. The molecule has 0 aliphatic rings. The summed E-state index contributed by atoms with van der Waals surface area (Å²) in [6.07, 6.45) is 0. The van der Waals surface area contributed by atoms with Crippen LogP contribution in [-0.4, -0.2) is 21.6 Å². The summed E-state index contributed by atoms with van der Waals surface area (Å²) in [4.78, 5) is 36.5. The summed E-state index contributed by atoms with van der Waals surface area (Å²) < 4.78 is 0.977. The van der Waals surface area contributed by atoms with E-state index in [0.29, 0.717) is 12.2 Å². The first-order valence-electron chi connectivity index (χ1n) is 8.78. The van der Waals surface area contributed by atoms with Crippen LogP contribution in [0.5, 0.6) is 0 Å². The SMILES string of the molecule is Cc1ccc(NC(=O)c2ccc(=O)n(CC(=O)NCc3ccccc3)n2)cc1. The first-order chi connectivity index (χ1) is 13.5. The van der Waals surface area contributed by atoms with E-state index in [1.165, 1.54) is 12.1 Å². The van der Waals surface area contributed by atoms with Gasteiger partial charge in [-0.15, -0.1) is 0 Å². The average Bonchev–Trinajstić information content (AvgIpc) is 2.70. The zero-order valence-electron chi connectivity index (χ0n) is 15.4. The van der Waals surface area contributed by atoms with Crippen molar-refractivity contribution < 1.29 is 9.59 Å². The van der Waals surface area contributed by atoms with Crippen molar-refractivity contribution in [3.05, 3.63) is 93.9 Å². The van der Waals surface area contributed by atoms with E-state index < -0.39 is 11.5 Å². The Bertz CT molecular complexity index is 1030. The molecule has 0 aliphatic heterocycles. The Balaban J connectivity index is 1.65. The molecule has 28 heavy (non-hydrogen) atoms. The zero-order valence-corrected chi connectivity index (χ0v) is 15.4. The molecule has 3 aromatic rings. The van der Waals surface area contributed by atoms with Crippen molar-refractivity contribution in [3.8, 4) is 0 Å². The molecule has 0 saturated heterocycles.